The van der Waals surface area contributed by atoms with Crippen LogP contribution in [0.25, 0.3) is 0 Å². The third-order valence-corrected chi connectivity index (χ3v) is 3.56. The molecule has 3 N–H and O–H groups in total. The van der Waals surface area contributed by atoms with Crippen LogP contribution < -0.4 is 11.1 Å². The lowest BCUT2D eigenvalue weighted by Crippen LogP contribution is -2.21. The first kappa shape index (κ1) is 19.3. The minimum Gasteiger partial charge on any atom is -0.368 e. The fourth-order valence-electron chi connectivity index (χ4n) is 2.48. The van der Waals surface area contributed by atoms with Crippen LogP contribution in [0.4, 0.5) is 17.5 Å². The number of nitrogens with one attached hydrogen (secondary N) is 1. The molecule has 0 aliphatic rings. The van der Waals surface area contributed by atoms with Crippen LogP contribution in [0.2, 0.25) is 0 Å². The number of aryl methyl sites for hydroxylation is 1. The summed E-state index contributed by atoms with van der Waals surface area (Å²) in [7, 11) is 2.03. The van der Waals surface area contributed by atoms with Crippen LogP contribution in [0.1, 0.15) is 18.2 Å². The van der Waals surface area contributed by atoms with Gasteiger partial charge in [0.1, 0.15) is 5.82 Å². The maximum atomic E-state index is 5.87. The second-order valence-corrected chi connectivity index (χ2v) is 6.28. The normalized spacial score (nSPS) is 11.9. The van der Waals surface area contributed by atoms with Crippen LogP contribution in [-0.4, -0.2) is 34.7 Å². The van der Waals surface area contributed by atoms with Gasteiger partial charge in [0.25, 0.3) is 0 Å². The van der Waals surface area contributed by atoms with Crippen LogP contribution in [-0.2, 0) is 6.54 Å². The molecule has 26 heavy (non-hydrogen) atoms. The fraction of sp³-hybridized carbons (Fsp3) is 0.250. The summed E-state index contributed by atoms with van der Waals surface area (Å²) in [5.74, 6) is 0.945. The van der Waals surface area contributed by atoms with Crippen molar-refractivity contribution in [3.8, 4) is 0 Å². The lowest BCUT2D eigenvalue weighted by Gasteiger charge is -2.17. The number of benzene rings is 1. The predicted octanol–water partition coefficient (Wildman–Crippen LogP) is 3.70. The van der Waals surface area contributed by atoms with Crippen LogP contribution >= 0.6 is 0 Å². The third kappa shape index (κ3) is 6.49. The highest BCUT2D eigenvalue weighted by Crippen LogP contribution is 2.17. The minimum absolute atomic E-state index is 0.258. The van der Waals surface area contributed by atoms with Crippen molar-refractivity contribution < 1.29 is 0 Å². The van der Waals surface area contributed by atoms with Crippen molar-refractivity contribution in [2.45, 2.75) is 20.4 Å². The van der Waals surface area contributed by atoms with E-state index in [-0.39, 0.29) is 5.95 Å². The van der Waals surface area contributed by atoms with Gasteiger partial charge in [-0.2, -0.15) is 4.98 Å². The zero-order chi connectivity index (χ0) is 18.9. The van der Waals surface area contributed by atoms with Gasteiger partial charge in [-0.25, -0.2) is 4.98 Å². The van der Waals surface area contributed by atoms with Crippen molar-refractivity contribution in [1.82, 2.24) is 14.9 Å². The molecule has 136 valence electrons. The second kappa shape index (κ2) is 9.48. The molecule has 2 aromatic rings. The lowest BCUT2D eigenvalue weighted by atomic mass is 10.2. The van der Waals surface area contributed by atoms with Crippen LogP contribution in [0, 0.1) is 6.92 Å². The molecule has 0 atom stereocenters. The van der Waals surface area contributed by atoms with Crippen LogP contribution in [0.5, 0.6) is 0 Å². The first-order valence-corrected chi connectivity index (χ1v) is 8.42. The number of rotatable bonds is 8. The minimum atomic E-state index is 0.258. The first-order valence-electron chi connectivity index (χ1n) is 8.42. The quantitative estimate of drug-likeness (QED) is 0.710. The van der Waals surface area contributed by atoms with Crippen molar-refractivity contribution in [1.29, 1.82) is 0 Å². The molecule has 0 bridgehead atoms. The largest absolute Gasteiger partial charge is 0.368 e. The molecule has 0 unspecified atom stereocenters. The van der Waals surface area contributed by atoms with Crippen molar-refractivity contribution in [3.05, 3.63) is 66.0 Å². The van der Waals surface area contributed by atoms with Crippen molar-refractivity contribution in [2.75, 3.05) is 24.6 Å². The monoisotopic (exact) mass is 350 g/mol. The van der Waals surface area contributed by atoms with Gasteiger partial charge in [-0.05, 0) is 38.6 Å². The highest BCUT2D eigenvalue weighted by atomic mass is 15.1. The Morgan fingerprint density at radius 3 is 2.73 bits per heavy atom. The summed E-state index contributed by atoms with van der Waals surface area (Å²) in [6.07, 6.45) is 5.15. The molecule has 6 nitrogen and oxygen atoms in total. The van der Waals surface area contributed by atoms with Crippen molar-refractivity contribution >= 4 is 23.7 Å². The summed E-state index contributed by atoms with van der Waals surface area (Å²) in [5, 5.41) is 3.27. The van der Waals surface area contributed by atoms with Gasteiger partial charge in [0.15, 0.2) is 0 Å². The number of likely N-dealkylation sites (N-methyl/N-ethyl adjacent to an activating group) is 1. The average Bonchev–Trinajstić information content (AvgIpc) is 2.56. The smallest absolute Gasteiger partial charge is 0.222 e. The van der Waals surface area contributed by atoms with E-state index in [1.54, 1.807) is 12.3 Å². The van der Waals surface area contributed by atoms with E-state index < -0.39 is 0 Å². The molecular formula is C20H26N6. The molecule has 2 rings (SSSR count). The van der Waals surface area contributed by atoms with Gasteiger partial charge in [0.2, 0.25) is 5.95 Å². The number of nitrogens with zero attached hydrogens (tertiary/aromatic N) is 4. The Labute approximate surface area is 155 Å². The third-order valence-electron chi connectivity index (χ3n) is 3.56. The zero-order valence-electron chi connectivity index (χ0n) is 15.6. The Hall–Kier alpha value is -2.99. The van der Waals surface area contributed by atoms with E-state index in [9.17, 15) is 0 Å². The highest BCUT2D eigenvalue weighted by molar-refractivity contribution is 5.70. The van der Waals surface area contributed by atoms with Gasteiger partial charge in [-0.15, -0.1) is 0 Å². The number of nitrogens with two attached hydrogens (primary N) is 1. The summed E-state index contributed by atoms with van der Waals surface area (Å²) in [5.41, 5.74) is 10.1. The van der Waals surface area contributed by atoms with Crippen molar-refractivity contribution in [3.63, 3.8) is 0 Å². The average molecular weight is 350 g/mol. The van der Waals surface area contributed by atoms with Crippen LogP contribution in [0.15, 0.2) is 59.8 Å². The van der Waals surface area contributed by atoms with E-state index in [2.05, 4.69) is 38.7 Å². The van der Waals surface area contributed by atoms with E-state index in [0.717, 1.165) is 23.5 Å². The Bertz CT molecular complexity index is 792. The standard InChI is InChI=1S/C20H26N6/c1-5-10-22-12-16(3)13-26(4)14-18-11-19(25-20(21)24-18)23-17-8-6-15(2)7-9-17/h5-12H,1,13-14H2,2-4H3,(H3,21,23,24,25)/b16-12+,22-10-. The first-order chi connectivity index (χ1) is 12.5. The fourth-order valence-corrected chi connectivity index (χ4v) is 2.48. The maximum Gasteiger partial charge on any atom is 0.222 e. The number of anilines is 3. The molecule has 6 heteroatoms. The van der Waals surface area contributed by atoms with Crippen molar-refractivity contribution in [2.24, 2.45) is 4.99 Å². The Morgan fingerprint density at radius 1 is 1.31 bits per heavy atom. The molecule has 0 aliphatic heterocycles. The summed E-state index contributed by atoms with van der Waals surface area (Å²) < 4.78 is 0. The van der Waals surface area contributed by atoms with Gasteiger partial charge in [0.05, 0.1) is 5.69 Å². The van der Waals surface area contributed by atoms with Crippen LogP contribution in [0.3, 0.4) is 0 Å². The Kier molecular flexibility index (Phi) is 7.05. The highest BCUT2D eigenvalue weighted by Gasteiger charge is 2.07. The molecule has 0 saturated carbocycles. The maximum absolute atomic E-state index is 5.87. The Balaban J connectivity index is 2.04. The predicted molar refractivity (Wildman–Crippen MR) is 110 cm³/mol. The SMILES string of the molecule is C=C/C=N\C=C(/C)CN(C)Cc1cc(Nc2ccc(C)cc2)nc(N)n1. The molecule has 1 aromatic heterocycles. The topological polar surface area (TPSA) is 79.4 Å². The summed E-state index contributed by atoms with van der Waals surface area (Å²) >= 11 is 0. The molecule has 0 amide bonds. The summed E-state index contributed by atoms with van der Waals surface area (Å²) in [6.45, 7) is 9.13. The van der Waals surface area contributed by atoms with Gasteiger partial charge < -0.3 is 11.1 Å². The summed E-state index contributed by atoms with van der Waals surface area (Å²) in [6, 6.07) is 10.0. The Morgan fingerprint density at radius 2 is 2.04 bits per heavy atom. The molecular weight excluding hydrogens is 324 g/mol. The molecule has 0 aliphatic carbocycles. The molecule has 0 spiro atoms. The molecule has 1 heterocycles. The molecule has 0 radical (unpaired) electrons. The number of nitrogen functional groups attached to an aromatic ring is 1. The van der Waals surface area contributed by atoms with E-state index in [0.29, 0.717) is 12.4 Å². The number of aromatic nitrogens is 2. The number of hydrogen-bond acceptors (Lipinski definition) is 6. The van der Waals surface area contributed by atoms with Gasteiger partial charge in [-0.3, -0.25) is 9.89 Å². The summed E-state index contributed by atoms with van der Waals surface area (Å²) in [4.78, 5) is 14.9. The zero-order valence-corrected chi connectivity index (χ0v) is 15.6. The van der Waals surface area contributed by atoms with E-state index >= 15 is 0 Å². The van der Waals surface area contributed by atoms with E-state index in [1.807, 2.05) is 50.5 Å². The molecule has 0 fully saturated rings. The lowest BCUT2D eigenvalue weighted by molar-refractivity contribution is 0.350. The number of aliphatic imine (C=N–C) groups is 1. The second-order valence-electron chi connectivity index (χ2n) is 6.28. The van der Waals surface area contributed by atoms with Gasteiger partial charge in [-0.1, -0.05) is 30.4 Å². The van der Waals surface area contributed by atoms with Gasteiger partial charge in [0, 0.05) is 37.3 Å². The van der Waals surface area contributed by atoms with Gasteiger partial charge >= 0.3 is 0 Å². The molecule has 1 aromatic carbocycles. The number of hydrogen-bond donors (Lipinski definition) is 2. The number of allylic oxidation sites excluding steroid dienone is 1. The van der Waals surface area contributed by atoms with E-state index in [1.165, 1.54) is 5.56 Å². The van der Waals surface area contributed by atoms with E-state index in [4.69, 9.17) is 5.73 Å². The molecule has 0 saturated heterocycles.